The van der Waals surface area contributed by atoms with Crippen LogP contribution in [0.5, 0.6) is 0 Å². The van der Waals surface area contributed by atoms with Gasteiger partial charge in [0, 0.05) is 23.5 Å². The molecule has 0 saturated carbocycles. The number of halogens is 1. The van der Waals surface area contributed by atoms with E-state index < -0.39 is 0 Å². The van der Waals surface area contributed by atoms with Gasteiger partial charge in [0.25, 0.3) is 5.91 Å². The Labute approximate surface area is 168 Å². The maximum atomic E-state index is 14.1. The van der Waals surface area contributed by atoms with Crippen LogP contribution < -0.4 is 4.90 Å². The van der Waals surface area contributed by atoms with E-state index in [1.54, 1.807) is 24.3 Å². The Kier molecular flexibility index (Phi) is 5.48. The molecule has 0 bridgehead atoms. The summed E-state index contributed by atoms with van der Waals surface area (Å²) >= 11 is 1.31. The Morgan fingerprint density at radius 1 is 1.04 bits per heavy atom. The minimum absolute atomic E-state index is 0.00498. The first kappa shape index (κ1) is 18.7. The van der Waals surface area contributed by atoms with Crippen LogP contribution in [0.25, 0.3) is 6.08 Å². The van der Waals surface area contributed by atoms with Gasteiger partial charge in [-0.15, -0.1) is 0 Å². The molecule has 1 saturated heterocycles. The summed E-state index contributed by atoms with van der Waals surface area (Å²) in [4.78, 5) is 30.6. The molecule has 2 aromatic carbocycles. The van der Waals surface area contributed by atoms with E-state index in [0.717, 1.165) is 42.9 Å². The standard InChI is InChI=1S/C22H21FN2O2S/c23-17-9-3-2-8-16(17)14-20-22(27)25(18-10-4-5-11-19(18)28-20)15-21(26)24-12-6-1-7-13-24/h2-5,8-11,14H,1,6-7,12-13,15H2. The summed E-state index contributed by atoms with van der Waals surface area (Å²) < 4.78 is 14.1. The molecule has 2 heterocycles. The molecule has 28 heavy (non-hydrogen) atoms. The Hall–Kier alpha value is -2.60. The van der Waals surface area contributed by atoms with E-state index in [9.17, 15) is 14.0 Å². The molecule has 2 amide bonds. The van der Waals surface area contributed by atoms with Crippen LogP contribution in [0.15, 0.2) is 58.3 Å². The van der Waals surface area contributed by atoms with Crippen LogP contribution in [-0.2, 0) is 9.59 Å². The van der Waals surface area contributed by atoms with Gasteiger partial charge >= 0.3 is 0 Å². The third-order valence-electron chi connectivity index (χ3n) is 5.03. The Bertz CT molecular complexity index is 938. The Balaban J connectivity index is 1.65. The molecule has 0 aliphatic carbocycles. The second kappa shape index (κ2) is 8.19. The molecule has 4 nitrogen and oxygen atoms in total. The number of anilines is 1. The summed E-state index contributed by atoms with van der Waals surface area (Å²) in [6, 6.07) is 13.9. The fourth-order valence-corrected chi connectivity index (χ4v) is 4.58. The number of thioether (sulfide) groups is 1. The summed E-state index contributed by atoms with van der Waals surface area (Å²) in [6.45, 7) is 1.50. The third-order valence-corrected chi connectivity index (χ3v) is 6.10. The lowest BCUT2D eigenvalue weighted by Crippen LogP contribution is -2.46. The molecule has 2 aliphatic heterocycles. The molecule has 0 unspecified atom stereocenters. The van der Waals surface area contributed by atoms with Crippen molar-refractivity contribution in [2.45, 2.75) is 24.2 Å². The molecule has 0 atom stereocenters. The van der Waals surface area contributed by atoms with E-state index in [2.05, 4.69) is 0 Å². The van der Waals surface area contributed by atoms with E-state index in [4.69, 9.17) is 0 Å². The summed E-state index contributed by atoms with van der Waals surface area (Å²) in [7, 11) is 0. The average Bonchev–Trinajstić information content (AvgIpc) is 2.73. The zero-order valence-electron chi connectivity index (χ0n) is 15.4. The zero-order chi connectivity index (χ0) is 19.5. The first-order chi connectivity index (χ1) is 13.6. The van der Waals surface area contributed by atoms with Crippen molar-refractivity contribution in [3.8, 4) is 0 Å². The number of fused-ring (bicyclic) bond motifs is 1. The van der Waals surface area contributed by atoms with Crippen LogP contribution in [-0.4, -0.2) is 36.3 Å². The van der Waals surface area contributed by atoms with Gasteiger partial charge in [-0.2, -0.15) is 0 Å². The minimum Gasteiger partial charge on any atom is -0.341 e. The third kappa shape index (κ3) is 3.83. The van der Waals surface area contributed by atoms with Gasteiger partial charge in [0.1, 0.15) is 12.4 Å². The smallest absolute Gasteiger partial charge is 0.265 e. The van der Waals surface area contributed by atoms with Gasteiger partial charge in [0.2, 0.25) is 5.91 Å². The van der Waals surface area contributed by atoms with Crippen LogP contribution in [0.1, 0.15) is 24.8 Å². The van der Waals surface area contributed by atoms with Crippen LogP contribution in [0.2, 0.25) is 0 Å². The number of para-hydroxylation sites is 1. The number of nitrogens with zero attached hydrogens (tertiary/aromatic N) is 2. The SMILES string of the molecule is O=C(CN1C(=O)C(=Cc2ccccc2F)Sc2ccccc21)N1CCCCC1. The molecule has 0 radical (unpaired) electrons. The summed E-state index contributed by atoms with van der Waals surface area (Å²) in [6.07, 6.45) is 4.72. The molecule has 6 heteroatoms. The van der Waals surface area contributed by atoms with Crippen molar-refractivity contribution in [3.05, 3.63) is 64.8 Å². The first-order valence-corrected chi connectivity index (χ1v) is 10.3. The molecule has 0 aromatic heterocycles. The van der Waals surface area contributed by atoms with Gasteiger partial charge in [-0.3, -0.25) is 14.5 Å². The van der Waals surface area contributed by atoms with Crippen molar-refractivity contribution >= 4 is 35.3 Å². The van der Waals surface area contributed by atoms with E-state index in [-0.39, 0.29) is 24.2 Å². The van der Waals surface area contributed by atoms with Gasteiger partial charge in [0.05, 0.1) is 10.6 Å². The van der Waals surface area contributed by atoms with Crippen LogP contribution in [0.4, 0.5) is 10.1 Å². The lowest BCUT2D eigenvalue weighted by molar-refractivity contribution is -0.131. The fourth-order valence-electron chi connectivity index (χ4n) is 3.53. The van der Waals surface area contributed by atoms with Gasteiger partial charge < -0.3 is 4.90 Å². The maximum absolute atomic E-state index is 14.1. The lowest BCUT2D eigenvalue weighted by Gasteiger charge is -2.33. The van der Waals surface area contributed by atoms with Gasteiger partial charge in [-0.25, -0.2) is 4.39 Å². The van der Waals surface area contributed by atoms with Crippen LogP contribution >= 0.6 is 11.8 Å². The Morgan fingerprint density at radius 3 is 2.54 bits per heavy atom. The van der Waals surface area contributed by atoms with Crippen molar-refractivity contribution in [1.82, 2.24) is 4.90 Å². The fraction of sp³-hybridized carbons (Fsp3) is 0.273. The molecule has 4 rings (SSSR count). The van der Waals surface area contributed by atoms with Crippen molar-refractivity contribution in [2.75, 3.05) is 24.5 Å². The van der Waals surface area contributed by atoms with Crippen molar-refractivity contribution in [1.29, 1.82) is 0 Å². The molecule has 0 spiro atoms. The van der Waals surface area contributed by atoms with Gasteiger partial charge in [0.15, 0.2) is 0 Å². The molecule has 0 N–H and O–H groups in total. The quantitative estimate of drug-likeness (QED) is 0.726. The number of amides is 2. The average molecular weight is 396 g/mol. The highest BCUT2D eigenvalue weighted by atomic mass is 32.2. The maximum Gasteiger partial charge on any atom is 0.265 e. The van der Waals surface area contributed by atoms with Gasteiger partial charge in [-0.05, 0) is 43.5 Å². The molecule has 2 aliphatic rings. The number of hydrogen-bond donors (Lipinski definition) is 0. The number of carbonyl (C=O) groups is 2. The summed E-state index contributed by atoms with van der Waals surface area (Å²) in [5.74, 6) is -0.685. The van der Waals surface area contributed by atoms with E-state index in [1.165, 1.54) is 22.7 Å². The molecular weight excluding hydrogens is 375 g/mol. The number of rotatable bonds is 3. The second-order valence-electron chi connectivity index (χ2n) is 6.93. The predicted molar refractivity (Wildman–Crippen MR) is 109 cm³/mol. The minimum atomic E-state index is -0.377. The first-order valence-electron chi connectivity index (χ1n) is 9.46. The van der Waals surface area contributed by atoms with E-state index in [0.29, 0.717) is 10.5 Å². The Morgan fingerprint density at radius 2 is 1.75 bits per heavy atom. The summed E-state index contributed by atoms with van der Waals surface area (Å²) in [5.41, 5.74) is 1.09. The number of carbonyl (C=O) groups excluding carboxylic acids is 2. The summed E-state index contributed by atoms with van der Waals surface area (Å²) in [5, 5.41) is 0. The predicted octanol–water partition coefficient (Wildman–Crippen LogP) is 4.32. The van der Waals surface area contributed by atoms with Gasteiger partial charge in [-0.1, -0.05) is 42.1 Å². The number of hydrogen-bond acceptors (Lipinski definition) is 3. The largest absolute Gasteiger partial charge is 0.341 e. The second-order valence-corrected chi connectivity index (χ2v) is 8.02. The number of likely N-dealkylation sites (tertiary alicyclic amines) is 1. The normalized spacial score (nSPS) is 18.3. The van der Waals surface area contributed by atoms with E-state index >= 15 is 0 Å². The van der Waals surface area contributed by atoms with Crippen molar-refractivity contribution in [2.24, 2.45) is 0 Å². The molecule has 2 aromatic rings. The molecule has 144 valence electrons. The van der Waals surface area contributed by atoms with E-state index in [1.807, 2.05) is 29.2 Å². The lowest BCUT2D eigenvalue weighted by atomic mass is 10.1. The zero-order valence-corrected chi connectivity index (χ0v) is 16.3. The monoisotopic (exact) mass is 396 g/mol. The van der Waals surface area contributed by atoms with Crippen LogP contribution in [0.3, 0.4) is 0 Å². The number of piperidine rings is 1. The van der Waals surface area contributed by atoms with Crippen molar-refractivity contribution in [3.63, 3.8) is 0 Å². The topological polar surface area (TPSA) is 40.6 Å². The van der Waals surface area contributed by atoms with Crippen molar-refractivity contribution < 1.29 is 14.0 Å². The number of benzene rings is 2. The van der Waals surface area contributed by atoms with Crippen LogP contribution in [0, 0.1) is 5.82 Å². The highest BCUT2D eigenvalue weighted by molar-refractivity contribution is 8.04. The molecule has 1 fully saturated rings. The molecular formula is C22H21FN2O2S. The highest BCUT2D eigenvalue weighted by Gasteiger charge is 2.32. The highest BCUT2D eigenvalue weighted by Crippen LogP contribution is 2.42.